The lowest BCUT2D eigenvalue weighted by Gasteiger charge is -2.24. The minimum absolute atomic E-state index is 0.124. The van der Waals surface area contributed by atoms with Crippen LogP contribution in [0.3, 0.4) is 0 Å². The molecule has 1 aromatic carbocycles. The van der Waals surface area contributed by atoms with Gasteiger partial charge >= 0.3 is 0 Å². The van der Waals surface area contributed by atoms with Gasteiger partial charge in [0.1, 0.15) is 5.69 Å². The third-order valence-electron chi connectivity index (χ3n) is 4.47. The number of hydrogen-bond acceptors (Lipinski definition) is 2. The maximum absolute atomic E-state index is 12.8. The molecular weight excluding hydrogens is 274 g/mol. The number of amides is 1. The zero-order valence-corrected chi connectivity index (χ0v) is 13.3. The van der Waals surface area contributed by atoms with Gasteiger partial charge in [0.25, 0.3) is 5.91 Å². The number of carbonyl (C=O) groups excluding carboxylic acids is 1. The maximum Gasteiger partial charge on any atom is 0.272 e. The van der Waals surface area contributed by atoms with Crippen molar-refractivity contribution in [3.05, 3.63) is 53.3 Å². The number of aryl methyl sites for hydroxylation is 3. The molecule has 1 fully saturated rings. The Morgan fingerprint density at radius 3 is 2.77 bits per heavy atom. The molecule has 1 amide bonds. The summed E-state index contributed by atoms with van der Waals surface area (Å²) in [6.07, 6.45) is 4.27. The van der Waals surface area contributed by atoms with Crippen LogP contribution in [0.5, 0.6) is 0 Å². The number of nitrogens with zero attached hydrogens (tertiary/aromatic N) is 3. The van der Waals surface area contributed by atoms with Crippen molar-refractivity contribution in [2.75, 3.05) is 6.54 Å². The first-order valence-corrected chi connectivity index (χ1v) is 8.00. The van der Waals surface area contributed by atoms with Gasteiger partial charge in [0.2, 0.25) is 0 Å². The zero-order chi connectivity index (χ0) is 15.5. The highest BCUT2D eigenvalue weighted by atomic mass is 16.2. The zero-order valence-electron chi connectivity index (χ0n) is 13.3. The molecule has 0 spiro atoms. The SMILES string of the molecule is Cc1cc(C(=O)N2CCC[C@@H]2CCc2ccccc2)n(C)n1. The molecule has 4 heteroatoms. The second-order valence-corrected chi connectivity index (χ2v) is 6.11. The molecule has 4 nitrogen and oxygen atoms in total. The molecule has 0 bridgehead atoms. The Kier molecular flexibility index (Phi) is 4.27. The third kappa shape index (κ3) is 3.06. The normalized spacial score (nSPS) is 17.9. The number of aromatic nitrogens is 2. The molecular formula is C18H23N3O. The largest absolute Gasteiger partial charge is 0.334 e. The van der Waals surface area contributed by atoms with E-state index in [0.29, 0.717) is 11.7 Å². The number of hydrogen-bond donors (Lipinski definition) is 0. The summed E-state index contributed by atoms with van der Waals surface area (Å²) in [7, 11) is 1.84. The molecule has 0 aliphatic carbocycles. The summed E-state index contributed by atoms with van der Waals surface area (Å²) in [5.41, 5.74) is 2.94. The lowest BCUT2D eigenvalue weighted by Crippen LogP contribution is -2.36. The van der Waals surface area contributed by atoms with Gasteiger partial charge in [-0.25, -0.2) is 0 Å². The van der Waals surface area contributed by atoms with E-state index in [2.05, 4.69) is 29.4 Å². The van der Waals surface area contributed by atoms with Crippen molar-refractivity contribution in [1.82, 2.24) is 14.7 Å². The number of likely N-dealkylation sites (tertiary alicyclic amines) is 1. The van der Waals surface area contributed by atoms with Crippen LogP contribution < -0.4 is 0 Å². The third-order valence-corrected chi connectivity index (χ3v) is 4.47. The van der Waals surface area contributed by atoms with Gasteiger partial charge in [-0.3, -0.25) is 9.48 Å². The van der Waals surface area contributed by atoms with Crippen LogP contribution in [-0.4, -0.2) is 33.2 Å². The van der Waals surface area contributed by atoms with E-state index in [4.69, 9.17) is 0 Å². The second-order valence-electron chi connectivity index (χ2n) is 6.11. The molecule has 1 aliphatic heterocycles. The predicted octanol–water partition coefficient (Wildman–Crippen LogP) is 2.97. The first-order valence-electron chi connectivity index (χ1n) is 8.00. The molecule has 0 N–H and O–H groups in total. The van der Waals surface area contributed by atoms with Crippen LogP contribution in [0.15, 0.2) is 36.4 Å². The fourth-order valence-electron chi connectivity index (χ4n) is 3.34. The van der Waals surface area contributed by atoms with Crippen molar-refractivity contribution >= 4 is 5.91 Å². The fraction of sp³-hybridized carbons (Fsp3) is 0.444. The first kappa shape index (κ1) is 14.8. The monoisotopic (exact) mass is 297 g/mol. The van der Waals surface area contributed by atoms with Crippen LogP contribution in [0.4, 0.5) is 0 Å². The van der Waals surface area contributed by atoms with E-state index in [1.165, 1.54) is 5.56 Å². The first-order chi connectivity index (χ1) is 10.6. The van der Waals surface area contributed by atoms with E-state index in [-0.39, 0.29) is 5.91 Å². The number of rotatable bonds is 4. The average molecular weight is 297 g/mol. The van der Waals surface area contributed by atoms with Crippen LogP contribution in [0.1, 0.15) is 41.0 Å². The van der Waals surface area contributed by atoms with Gasteiger partial charge in [0.15, 0.2) is 0 Å². The summed E-state index contributed by atoms with van der Waals surface area (Å²) >= 11 is 0. The van der Waals surface area contributed by atoms with E-state index >= 15 is 0 Å². The van der Waals surface area contributed by atoms with E-state index in [1.54, 1.807) is 4.68 Å². The lowest BCUT2D eigenvalue weighted by atomic mass is 10.0. The lowest BCUT2D eigenvalue weighted by molar-refractivity contribution is 0.0719. The predicted molar refractivity (Wildman–Crippen MR) is 86.8 cm³/mol. The Morgan fingerprint density at radius 1 is 1.32 bits per heavy atom. The van der Waals surface area contributed by atoms with Crippen LogP contribution in [0, 0.1) is 6.92 Å². The van der Waals surface area contributed by atoms with Gasteiger partial charge in [-0.15, -0.1) is 0 Å². The molecule has 1 aromatic heterocycles. The molecule has 1 saturated heterocycles. The molecule has 116 valence electrons. The van der Waals surface area contributed by atoms with Gasteiger partial charge in [-0.1, -0.05) is 30.3 Å². The summed E-state index contributed by atoms with van der Waals surface area (Å²) in [4.78, 5) is 14.8. The summed E-state index contributed by atoms with van der Waals surface area (Å²) in [6.45, 7) is 2.79. The van der Waals surface area contributed by atoms with Crippen LogP contribution >= 0.6 is 0 Å². The molecule has 0 radical (unpaired) electrons. The van der Waals surface area contributed by atoms with Gasteiger partial charge in [-0.2, -0.15) is 5.10 Å². The quantitative estimate of drug-likeness (QED) is 0.870. The van der Waals surface area contributed by atoms with Crippen molar-refractivity contribution in [2.24, 2.45) is 7.05 Å². The molecule has 22 heavy (non-hydrogen) atoms. The highest BCUT2D eigenvalue weighted by Gasteiger charge is 2.30. The maximum atomic E-state index is 12.8. The molecule has 3 rings (SSSR count). The van der Waals surface area contributed by atoms with Gasteiger partial charge in [-0.05, 0) is 44.2 Å². The van der Waals surface area contributed by atoms with Crippen molar-refractivity contribution in [2.45, 2.75) is 38.6 Å². The minimum atomic E-state index is 0.124. The Morgan fingerprint density at radius 2 is 2.09 bits per heavy atom. The van der Waals surface area contributed by atoms with E-state index in [9.17, 15) is 4.79 Å². The Balaban J connectivity index is 1.68. The molecule has 1 aliphatic rings. The van der Waals surface area contributed by atoms with E-state index < -0.39 is 0 Å². The molecule has 2 aromatic rings. The fourth-order valence-corrected chi connectivity index (χ4v) is 3.34. The van der Waals surface area contributed by atoms with E-state index in [0.717, 1.165) is 37.9 Å². The Hall–Kier alpha value is -2.10. The Bertz CT molecular complexity index is 648. The highest BCUT2D eigenvalue weighted by molar-refractivity contribution is 5.93. The molecule has 2 heterocycles. The van der Waals surface area contributed by atoms with Crippen LogP contribution in [0.2, 0.25) is 0 Å². The Labute approximate surface area is 131 Å². The smallest absolute Gasteiger partial charge is 0.272 e. The summed E-state index contributed by atoms with van der Waals surface area (Å²) in [5, 5.41) is 4.29. The van der Waals surface area contributed by atoms with Crippen LogP contribution in [-0.2, 0) is 13.5 Å². The summed E-state index contributed by atoms with van der Waals surface area (Å²) in [6, 6.07) is 12.7. The highest BCUT2D eigenvalue weighted by Crippen LogP contribution is 2.24. The topological polar surface area (TPSA) is 38.1 Å². The molecule has 1 atom stereocenters. The number of carbonyl (C=O) groups is 1. The van der Waals surface area contributed by atoms with Gasteiger partial charge in [0.05, 0.1) is 5.69 Å². The number of benzene rings is 1. The van der Waals surface area contributed by atoms with Crippen LogP contribution in [0.25, 0.3) is 0 Å². The molecule has 0 unspecified atom stereocenters. The summed E-state index contributed by atoms with van der Waals surface area (Å²) in [5.74, 6) is 0.124. The standard InChI is InChI=1S/C18H23N3O/c1-14-13-17(20(2)19-14)18(22)21-12-6-9-16(21)11-10-15-7-4-3-5-8-15/h3-5,7-8,13,16H,6,9-12H2,1-2H3/t16-/m1/s1. The molecule has 0 saturated carbocycles. The summed E-state index contributed by atoms with van der Waals surface area (Å²) < 4.78 is 1.70. The van der Waals surface area contributed by atoms with E-state index in [1.807, 2.05) is 31.0 Å². The van der Waals surface area contributed by atoms with Crippen molar-refractivity contribution < 1.29 is 4.79 Å². The minimum Gasteiger partial charge on any atom is -0.334 e. The van der Waals surface area contributed by atoms with Gasteiger partial charge in [0, 0.05) is 19.6 Å². The van der Waals surface area contributed by atoms with Crippen molar-refractivity contribution in [3.8, 4) is 0 Å². The van der Waals surface area contributed by atoms with Crippen molar-refractivity contribution in [1.29, 1.82) is 0 Å². The van der Waals surface area contributed by atoms with Crippen molar-refractivity contribution in [3.63, 3.8) is 0 Å². The van der Waals surface area contributed by atoms with Gasteiger partial charge < -0.3 is 4.90 Å². The second kappa shape index (κ2) is 6.34. The average Bonchev–Trinajstić information content (AvgIpc) is 3.11.